The van der Waals surface area contributed by atoms with Crippen LogP contribution >= 0.6 is 11.6 Å². The number of sulfonamides is 1. The van der Waals surface area contributed by atoms with Gasteiger partial charge in [0.15, 0.2) is 11.5 Å². The van der Waals surface area contributed by atoms with Crippen LogP contribution in [0.5, 0.6) is 11.5 Å². The highest BCUT2D eigenvalue weighted by Crippen LogP contribution is 2.36. The summed E-state index contributed by atoms with van der Waals surface area (Å²) in [6, 6.07) is 17.2. The van der Waals surface area contributed by atoms with E-state index in [0.717, 1.165) is 5.56 Å². The van der Waals surface area contributed by atoms with Crippen molar-refractivity contribution >= 4 is 38.9 Å². The Bertz CT molecular complexity index is 1370. The van der Waals surface area contributed by atoms with Crippen LogP contribution < -0.4 is 19.7 Å². The Morgan fingerprint density at radius 1 is 0.943 bits per heavy atom. The number of nitrogens with zero attached hydrogens (tertiary/aromatic N) is 2. The Morgan fingerprint density at radius 2 is 1.66 bits per heavy atom. The molecule has 0 bridgehead atoms. The summed E-state index contributed by atoms with van der Waals surface area (Å²) in [5.74, 6) is 0.811. The highest BCUT2D eigenvalue weighted by molar-refractivity contribution is 7.89. The zero-order chi connectivity index (χ0) is 24.6. The Balaban J connectivity index is 1.32. The molecule has 0 radical (unpaired) electrons. The molecule has 0 aromatic heterocycles. The number of piperazine rings is 1. The molecule has 8 nitrogen and oxygen atoms in total. The zero-order valence-corrected chi connectivity index (χ0v) is 20.6. The Kier molecular flexibility index (Phi) is 6.31. The van der Waals surface area contributed by atoms with E-state index in [9.17, 15) is 13.2 Å². The monoisotopic (exact) mass is 513 g/mol. The molecule has 0 spiro atoms. The summed E-state index contributed by atoms with van der Waals surface area (Å²) in [5.41, 5.74) is 2.64. The van der Waals surface area contributed by atoms with Gasteiger partial charge in [-0.15, -0.1) is 0 Å². The quantitative estimate of drug-likeness (QED) is 0.551. The molecule has 1 saturated heterocycles. The van der Waals surface area contributed by atoms with Crippen molar-refractivity contribution in [2.75, 3.05) is 43.2 Å². The molecular formula is C25H24ClN3O5S. The highest BCUT2D eigenvalue weighted by atomic mass is 35.5. The summed E-state index contributed by atoms with van der Waals surface area (Å²) in [4.78, 5) is 15.3. The smallest absolute Gasteiger partial charge is 0.255 e. The summed E-state index contributed by atoms with van der Waals surface area (Å²) in [6.07, 6.45) is 0. The summed E-state index contributed by atoms with van der Waals surface area (Å²) < 4.78 is 38.3. The average Bonchev–Trinajstić information content (AvgIpc) is 3.33. The van der Waals surface area contributed by atoms with Gasteiger partial charge in [-0.3, -0.25) is 4.79 Å². The van der Waals surface area contributed by atoms with E-state index in [1.54, 1.807) is 60.7 Å². The van der Waals surface area contributed by atoms with Crippen LogP contribution in [-0.2, 0) is 10.0 Å². The van der Waals surface area contributed by atoms with Crippen LogP contribution in [0.3, 0.4) is 0 Å². The van der Waals surface area contributed by atoms with Crippen molar-refractivity contribution in [3.8, 4) is 11.5 Å². The molecule has 2 heterocycles. The first-order valence-electron chi connectivity index (χ1n) is 11.1. The summed E-state index contributed by atoms with van der Waals surface area (Å²) >= 11 is 6.54. The van der Waals surface area contributed by atoms with Crippen molar-refractivity contribution in [1.29, 1.82) is 0 Å². The molecule has 0 atom stereocenters. The van der Waals surface area contributed by atoms with Gasteiger partial charge in [0.25, 0.3) is 5.91 Å². The SMILES string of the molecule is Cc1ccc(S(=O)(=O)N2CCN(c3c(Cl)cccc3NC(=O)c3ccc4c(c3)OCO4)CC2)cc1. The number of fused-ring (bicyclic) bond motifs is 1. The van der Waals surface area contributed by atoms with Crippen LogP contribution in [0.1, 0.15) is 15.9 Å². The number of carbonyl (C=O) groups excluding carboxylic acids is 1. The van der Waals surface area contributed by atoms with Gasteiger partial charge in [0.2, 0.25) is 16.8 Å². The zero-order valence-electron chi connectivity index (χ0n) is 19.0. The van der Waals surface area contributed by atoms with Gasteiger partial charge in [-0.05, 0) is 49.4 Å². The second kappa shape index (κ2) is 9.41. The fourth-order valence-electron chi connectivity index (χ4n) is 4.18. The van der Waals surface area contributed by atoms with E-state index in [1.165, 1.54) is 4.31 Å². The minimum atomic E-state index is -3.58. The first-order valence-corrected chi connectivity index (χ1v) is 13.0. The molecular weight excluding hydrogens is 490 g/mol. The van der Waals surface area contributed by atoms with Gasteiger partial charge < -0.3 is 19.7 Å². The topological polar surface area (TPSA) is 88.2 Å². The van der Waals surface area contributed by atoms with Crippen LogP contribution in [0.15, 0.2) is 65.6 Å². The average molecular weight is 514 g/mol. The highest BCUT2D eigenvalue weighted by Gasteiger charge is 2.30. The Morgan fingerprint density at radius 3 is 2.40 bits per heavy atom. The largest absolute Gasteiger partial charge is 0.454 e. The predicted octanol–water partition coefficient (Wildman–Crippen LogP) is 4.14. The summed E-state index contributed by atoms with van der Waals surface area (Å²) in [7, 11) is -3.58. The predicted molar refractivity (Wildman–Crippen MR) is 134 cm³/mol. The Hall–Kier alpha value is -3.27. The minimum Gasteiger partial charge on any atom is -0.454 e. The maximum absolute atomic E-state index is 13.1. The number of aryl methyl sites for hydroxylation is 1. The van der Waals surface area contributed by atoms with E-state index in [0.29, 0.717) is 59.6 Å². The molecule has 1 N–H and O–H groups in total. The molecule has 3 aromatic rings. The van der Waals surface area contributed by atoms with Crippen LogP contribution in [-0.4, -0.2) is 51.6 Å². The summed E-state index contributed by atoms with van der Waals surface area (Å²) in [5, 5.41) is 3.41. The van der Waals surface area contributed by atoms with Gasteiger partial charge in [-0.25, -0.2) is 8.42 Å². The summed E-state index contributed by atoms with van der Waals surface area (Å²) in [6.45, 7) is 3.52. The second-order valence-electron chi connectivity index (χ2n) is 8.36. The first-order chi connectivity index (χ1) is 16.8. The van der Waals surface area contributed by atoms with Gasteiger partial charge in [-0.1, -0.05) is 35.4 Å². The number of carbonyl (C=O) groups is 1. The van der Waals surface area contributed by atoms with E-state index in [-0.39, 0.29) is 17.6 Å². The van der Waals surface area contributed by atoms with E-state index in [2.05, 4.69) is 5.32 Å². The molecule has 1 fully saturated rings. The maximum Gasteiger partial charge on any atom is 0.255 e. The van der Waals surface area contributed by atoms with Crippen molar-refractivity contribution in [1.82, 2.24) is 4.31 Å². The first kappa shape index (κ1) is 23.5. The van der Waals surface area contributed by atoms with E-state index in [1.807, 2.05) is 11.8 Å². The molecule has 2 aliphatic heterocycles. The van der Waals surface area contributed by atoms with Crippen molar-refractivity contribution in [2.45, 2.75) is 11.8 Å². The molecule has 2 aliphatic rings. The standard InChI is InChI=1S/C25H24ClN3O5S/c1-17-5-8-19(9-6-17)35(31,32)29-13-11-28(12-14-29)24-20(26)3-2-4-21(24)27-25(30)18-7-10-22-23(15-18)34-16-33-22/h2-10,15H,11-14,16H2,1H3,(H,27,30). The number of halogens is 1. The van der Waals surface area contributed by atoms with Crippen LogP contribution in [0.25, 0.3) is 0 Å². The van der Waals surface area contributed by atoms with Gasteiger partial charge >= 0.3 is 0 Å². The molecule has 0 saturated carbocycles. The number of benzene rings is 3. The number of ether oxygens (including phenoxy) is 2. The third-order valence-corrected chi connectivity index (χ3v) is 8.30. The van der Waals surface area contributed by atoms with Gasteiger partial charge in [0.05, 0.1) is 21.3 Å². The molecule has 1 amide bonds. The third kappa shape index (κ3) is 4.67. The van der Waals surface area contributed by atoms with E-state index < -0.39 is 10.0 Å². The van der Waals surface area contributed by atoms with Crippen LogP contribution in [0, 0.1) is 6.92 Å². The van der Waals surface area contributed by atoms with Crippen LogP contribution in [0.4, 0.5) is 11.4 Å². The molecule has 0 unspecified atom stereocenters. The molecule has 182 valence electrons. The van der Waals surface area contributed by atoms with Crippen molar-refractivity contribution in [3.63, 3.8) is 0 Å². The maximum atomic E-state index is 13.1. The number of hydrogen-bond donors (Lipinski definition) is 1. The number of rotatable bonds is 5. The fraction of sp³-hybridized carbons (Fsp3) is 0.240. The lowest BCUT2D eigenvalue weighted by atomic mass is 10.1. The number of para-hydroxylation sites is 1. The van der Waals surface area contributed by atoms with Crippen LogP contribution in [0.2, 0.25) is 5.02 Å². The van der Waals surface area contributed by atoms with Crippen molar-refractivity contribution in [2.24, 2.45) is 0 Å². The number of amides is 1. The molecule has 35 heavy (non-hydrogen) atoms. The normalized spacial score (nSPS) is 15.8. The Labute approximate surface area is 209 Å². The van der Waals surface area contributed by atoms with Gasteiger partial charge in [0.1, 0.15) is 0 Å². The lowest BCUT2D eigenvalue weighted by Gasteiger charge is -2.36. The van der Waals surface area contributed by atoms with E-state index in [4.69, 9.17) is 21.1 Å². The lowest BCUT2D eigenvalue weighted by molar-refractivity contribution is 0.102. The second-order valence-corrected chi connectivity index (χ2v) is 10.7. The third-order valence-electron chi connectivity index (χ3n) is 6.08. The minimum absolute atomic E-state index is 0.129. The molecule has 3 aromatic carbocycles. The number of anilines is 2. The number of hydrogen-bond acceptors (Lipinski definition) is 6. The fourth-order valence-corrected chi connectivity index (χ4v) is 5.90. The number of nitrogens with one attached hydrogen (secondary N) is 1. The molecule has 5 rings (SSSR count). The van der Waals surface area contributed by atoms with E-state index >= 15 is 0 Å². The molecule has 10 heteroatoms. The molecule has 0 aliphatic carbocycles. The van der Waals surface area contributed by atoms with Crippen molar-refractivity contribution in [3.05, 3.63) is 76.8 Å². The van der Waals surface area contributed by atoms with Crippen molar-refractivity contribution < 1.29 is 22.7 Å². The van der Waals surface area contributed by atoms with Gasteiger partial charge in [0, 0.05) is 31.7 Å². The lowest BCUT2D eigenvalue weighted by Crippen LogP contribution is -2.49. The van der Waals surface area contributed by atoms with Gasteiger partial charge in [-0.2, -0.15) is 4.31 Å².